The number of H-pyrrole nitrogens is 1. The first-order valence-corrected chi connectivity index (χ1v) is 4.81. The van der Waals surface area contributed by atoms with E-state index in [9.17, 15) is 18.0 Å². The van der Waals surface area contributed by atoms with Crippen LogP contribution in [0.3, 0.4) is 0 Å². The molecule has 0 aliphatic carbocycles. The molecule has 0 bridgehead atoms. The maximum absolute atomic E-state index is 12.4. The normalized spacial score (nSPS) is 12.3. The predicted octanol–water partition coefficient (Wildman–Crippen LogP) is 1.65. The number of fused-ring (bicyclic) bond motifs is 1. The molecule has 2 aromatic heterocycles. The molecule has 8 heteroatoms. The van der Waals surface area contributed by atoms with Gasteiger partial charge in [-0.15, -0.1) is 0 Å². The molecule has 0 saturated carbocycles. The summed E-state index contributed by atoms with van der Waals surface area (Å²) in [5.41, 5.74) is -2.31. The Bertz CT molecular complexity index is 571. The number of nitrogens with one attached hydrogen (secondary N) is 1. The summed E-state index contributed by atoms with van der Waals surface area (Å²) in [6, 6.07) is 0. The maximum Gasteiger partial charge on any atom is 0.420 e. The van der Waals surface area contributed by atoms with Crippen molar-refractivity contribution in [1.82, 2.24) is 14.6 Å². The summed E-state index contributed by atoms with van der Waals surface area (Å²) in [4.78, 5) is 13.6. The first-order chi connectivity index (χ1) is 6.89. The van der Waals surface area contributed by atoms with Crippen molar-refractivity contribution in [3.8, 4) is 0 Å². The molecular weight excluding hydrogens is 326 g/mol. The smallest absolute Gasteiger partial charge is 0.314 e. The molecule has 0 aliphatic rings. The fourth-order valence-electron chi connectivity index (χ4n) is 1.20. The van der Waals surface area contributed by atoms with Crippen molar-refractivity contribution in [2.45, 2.75) is 6.18 Å². The molecule has 0 fully saturated rings. The molecule has 2 heterocycles. The zero-order chi connectivity index (χ0) is 11.2. The molecule has 0 spiro atoms. The van der Waals surface area contributed by atoms with Gasteiger partial charge in [-0.25, -0.2) is 4.52 Å². The van der Waals surface area contributed by atoms with E-state index in [-0.39, 0.29) is 0 Å². The number of halogens is 4. The highest BCUT2D eigenvalue weighted by molar-refractivity contribution is 14.1. The van der Waals surface area contributed by atoms with E-state index >= 15 is 0 Å². The zero-order valence-corrected chi connectivity index (χ0v) is 9.13. The number of aromatic amines is 1. The summed E-state index contributed by atoms with van der Waals surface area (Å²) in [6.07, 6.45) is -2.62. The molecule has 0 atom stereocenters. The van der Waals surface area contributed by atoms with Crippen LogP contribution in [0, 0.1) is 3.70 Å². The third kappa shape index (κ3) is 1.73. The Hall–Kier alpha value is -1.06. The molecular formula is C7H3F3IN3O. The first-order valence-electron chi connectivity index (χ1n) is 3.73. The van der Waals surface area contributed by atoms with E-state index in [1.54, 1.807) is 22.6 Å². The predicted molar refractivity (Wildman–Crippen MR) is 53.5 cm³/mol. The highest BCUT2D eigenvalue weighted by atomic mass is 127. The van der Waals surface area contributed by atoms with Gasteiger partial charge in [0.25, 0.3) is 5.56 Å². The minimum absolute atomic E-state index is 0.418. The van der Waals surface area contributed by atoms with E-state index in [1.165, 1.54) is 6.20 Å². The second-order valence-electron chi connectivity index (χ2n) is 2.78. The Balaban J connectivity index is 2.87. The monoisotopic (exact) mass is 329 g/mol. The van der Waals surface area contributed by atoms with Gasteiger partial charge >= 0.3 is 6.18 Å². The molecule has 0 unspecified atom stereocenters. The standard InChI is InChI=1S/C7H3F3IN3O/c8-7(9,10)3-1-12-14-2-4(11)13-6(15)5(3)14/h1-2H,(H,13,15). The van der Waals surface area contributed by atoms with Crippen LogP contribution < -0.4 is 5.56 Å². The summed E-state index contributed by atoms with van der Waals surface area (Å²) in [6.45, 7) is 0. The lowest BCUT2D eigenvalue weighted by molar-refractivity contribution is -0.136. The molecule has 1 N–H and O–H groups in total. The van der Waals surface area contributed by atoms with Crippen molar-refractivity contribution in [1.29, 1.82) is 0 Å². The van der Waals surface area contributed by atoms with E-state index in [0.717, 1.165) is 4.52 Å². The highest BCUT2D eigenvalue weighted by Gasteiger charge is 2.35. The fraction of sp³-hybridized carbons (Fsp3) is 0.143. The molecule has 15 heavy (non-hydrogen) atoms. The molecule has 0 saturated heterocycles. The summed E-state index contributed by atoms with van der Waals surface area (Å²) in [5, 5.41) is 3.48. The van der Waals surface area contributed by atoms with Gasteiger partial charge in [-0.3, -0.25) is 4.79 Å². The van der Waals surface area contributed by atoms with Crippen molar-refractivity contribution in [3.05, 3.63) is 32.0 Å². The average Bonchev–Trinajstić information content (AvgIpc) is 2.45. The minimum Gasteiger partial charge on any atom is -0.314 e. The molecule has 4 nitrogen and oxygen atoms in total. The van der Waals surface area contributed by atoms with Crippen molar-refractivity contribution in [2.75, 3.05) is 0 Å². The van der Waals surface area contributed by atoms with E-state index in [0.29, 0.717) is 9.90 Å². The van der Waals surface area contributed by atoms with E-state index in [1.807, 2.05) is 0 Å². The van der Waals surface area contributed by atoms with Crippen LogP contribution in [0.15, 0.2) is 17.2 Å². The van der Waals surface area contributed by atoms with Gasteiger partial charge in [0.1, 0.15) is 11.1 Å². The molecule has 2 aromatic rings. The molecule has 0 aliphatic heterocycles. The number of hydrogen-bond acceptors (Lipinski definition) is 2. The van der Waals surface area contributed by atoms with Crippen LogP contribution in [0.2, 0.25) is 0 Å². The van der Waals surface area contributed by atoms with Crippen molar-refractivity contribution < 1.29 is 13.2 Å². The number of aromatic nitrogens is 3. The Labute approximate surface area is 94.2 Å². The Morgan fingerprint density at radius 2 is 2.13 bits per heavy atom. The van der Waals surface area contributed by atoms with Gasteiger partial charge in [0.2, 0.25) is 0 Å². The van der Waals surface area contributed by atoms with Crippen molar-refractivity contribution >= 4 is 28.1 Å². The van der Waals surface area contributed by atoms with Crippen LogP contribution >= 0.6 is 22.6 Å². The Kier molecular flexibility index (Phi) is 2.24. The lowest BCUT2D eigenvalue weighted by Gasteiger charge is -2.02. The van der Waals surface area contributed by atoms with Crippen LogP contribution in [-0.4, -0.2) is 14.6 Å². The number of rotatable bonds is 0. The average molecular weight is 329 g/mol. The lowest BCUT2D eigenvalue weighted by atomic mass is 10.3. The molecule has 0 amide bonds. The van der Waals surface area contributed by atoms with Gasteiger partial charge in [0.05, 0.1) is 16.1 Å². The third-order valence-electron chi connectivity index (χ3n) is 1.78. The van der Waals surface area contributed by atoms with Gasteiger partial charge in [-0.1, -0.05) is 0 Å². The highest BCUT2D eigenvalue weighted by Crippen LogP contribution is 2.30. The zero-order valence-electron chi connectivity index (χ0n) is 6.97. The van der Waals surface area contributed by atoms with Gasteiger partial charge in [-0.05, 0) is 22.6 Å². The summed E-state index contributed by atoms with van der Waals surface area (Å²) in [5.74, 6) is 0. The molecule has 80 valence electrons. The minimum atomic E-state index is -4.57. The second kappa shape index (κ2) is 3.22. The molecule has 0 aromatic carbocycles. The van der Waals surface area contributed by atoms with Gasteiger partial charge in [0, 0.05) is 0 Å². The van der Waals surface area contributed by atoms with Gasteiger partial charge in [0.15, 0.2) is 0 Å². The Morgan fingerprint density at radius 3 is 2.73 bits per heavy atom. The molecule has 0 radical (unpaired) electrons. The maximum atomic E-state index is 12.4. The number of alkyl halides is 3. The largest absolute Gasteiger partial charge is 0.420 e. The van der Waals surface area contributed by atoms with E-state index < -0.39 is 22.8 Å². The van der Waals surface area contributed by atoms with E-state index in [2.05, 4.69) is 10.1 Å². The van der Waals surface area contributed by atoms with Gasteiger partial charge < -0.3 is 4.98 Å². The topological polar surface area (TPSA) is 50.2 Å². The van der Waals surface area contributed by atoms with Crippen LogP contribution in [-0.2, 0) is 6.18 Å². The third-order valence-corrected chi connectivity index (χ3v) is 2.33. The quantitative estimate of drug-likeness (QED) is 0.747. The van der Waals surface area contributed by atoms with Crippen LogP contribution in [0.4, 0.5) is 13.2 Å². The van der Waals surface area contributed by atoms with E-state index in [4.69, 9.17) is 0 Å². The Morgan fingerprint density at radius 1 is 1.47 bits per heavy atom. The van der Waals surface area contributed by atoms with Crippen LogP contribution in [0.5, 0.6) is 0 Å². The van der Waals surface area contributed by atoms with Crippen molar-refractivity contribution in [2.24, 2.45) is 0 Å². The number of hydrogen-bond donors (Lipinski definition) is 1. The molecule has 2 rings (SSSR count). The first kappa shape index (κ1) is 10.5. The summed E-state index contributed by atoms with van der Waals surface area (Å²) < 4.78 is 38.6. The summed E-state index contributed by atoms with van der Waals surface area (Å²) >= 11 is 1.79. The fourth-order valence-corrected chi connectivity index (χ4v) is 1.71. The SMILES string of the molecule is O=c1[nH]c(I)cn2ncc(C(F)(F)F)c12. The van der Waals surface area contributed by atoms with Crippen LogP contribution in [0.1, 0.15) is 5.56 Å². The number of nitrogens with zero attached hydrogens (tertiary/aromatic N) is 2. The second-order valence-corrected chi connectivity index (χ2v) is 3.94. The van der Waals surface area contributed by atoms with Gasteiger partial charge in [-0.2, -0.15) is 18.3 Å². The van der Waals surface area contributed by atoms with Crippen molar-refractivity contribution in [3.63, 3.8) is 0 Å². The lowest BCUT2D eigenvalue weighted by Crippen LogP contribution is -2.15. The van der Waals surface area contributed by atoms with Crippen LogP contribution in [0.25, 0.3) is 5.52 Å². The summed E-state index contributed by atoms with van der Waals surface area (Å²) in [7, 11) is 0.